The van der Waals surface area contributed by atoms with Crippen molar-refractivity contribution in [3.8, 4) is 0 Å². The Morgan fingerprint density at radius 1 is 1.50 bits per heavy atom. The zero-order valence-electron chi connectivity index (χ0n) is 6.85. The van der Waals surface area contributed by atoms with E-state index in [1.807, 2.05) is 0 Å². The summed E-state index contributed by atoms with van der Waals surface area (Å²) < 4.78 is 0. The zero-order chi connectivity index (χ0) is 7.14. The van der Waals surface area contributed by atoms with E-state index in [0.29, 0.717) is 0 Å². The van der Waals surface area contributed by atoms with Gasteiger partial charge in [0.15, 0.2) is 0 Å². The molecule has 1 nitrogen and oxygen atoms in total. The lowest BCUT2D eigenvalue weighted by Gasteiger charge is -2.12. The molecule has 2 heterocycles. The minimum Gasteiger partial charge on any atom is -0.374 e. The number of rotatable bonds is 0. The van der Waals surface area contributed by atoms with Crippen molar-refractivity contribution < 1.29 is 0 Å². The van der Waals surface area contributed by atoms with Crippen LogP contribution < -0.4 is 0 Å². The molecular formula is C9H15N. The van der Waals surface area contributed by atoms with Gasteiger partial charge in [0.2, 0.25) is 0 Å². The molecule has 2 aliphatic heterocycles. The molecule has 0 amide bonds. The summed E-state index contributed by atoms with van der Waals surface area (Å²) >= 11 is 0. The van der Waals surface area contributed by atoms with Crippen LogP contribution in [0.1, 0.15) is 26.7 Å². The normalized spacial score (nSPS) is 31.8. The SMILES string of the molecule is CC1=C2CCCN2CC1C. The number of hydrogen-bond acceptors (Lipinski definition) is 1. The standard InChI is InChI=1S/C9H15N/c1-7-6-10-5-3-4-9(10)8(7)2/h7H,3-6H2,1-2H3. The molecule has 10 heavy (non-hydrogen) atoms. The topological polar surface area (TPSA) is 3.24 Å². The molecule has 1 heteroatoms. The van der Waals surface area contributed by atoms with Gasteiger partial charge in [0.05, 0.1) is 0 Å². The highest BCUT2D eigenvalue weighted by Crippen LogP contribution is 2.34. The molecule has 2 aliphatic rings. The van der Waals surface area contributed by atoms with Crippen LogP contribution >= 0.6 is 0 Å². The number of nitrogens with zero attached hydrogens (tertiary/aromatic N) is 1. The van der Waals surface area contributed by atoms with Crippen LogP contribution in [-0.2, 0) is 0 Å². The second kappa shape index (κ2) is 2.01. The predicted octanol–water partition coefficient (Wildman–Crippen LogP) is 2.01. The van der Waals surface area contributed by atoms with Crippen LogP contribution in [0.25, 0.3) is 0 Å². The highest BCUT2D eigenvalue weighted by molar-refractivity contribution is 5.22. The molecule has 56 valence electrons. The van der Waals surface area contributed by atoms with Gasteiger partial charge in [-0.15, -0.1) is 0 Å². The second-order valence-electron chi connectivity index (χ2n) is 3.58. The van der Waals surface area contributed by atoms with Gasteiger partial charge >= 0.3 is 0 Å². The Balaban J connectivity index is 2.29. The maximum Gasteiger partial charge on any atom is 0.0238 e. The van der Waals surface area contributed by atoms with Gasteiger partial charge in [-0.2, -0.15) is 0 Å². The summed E-state index contributed by atoms with van der Waals surface area (Å²) in [5, 5.41) is 0. The summed E-state index contributed by atoms with van der Waals surface area (Å²) in [5.74, 6) is 0.829. The van der Waals surface area contributed by atoms with E-state index in [2.05, 4.69) is 18.7 Å². The van der Waals surface area contributed by atoms with Crippen molar-refractivity contribution >= 4 is 0 Å². The molecule has 0 radical (unpaired) electrons. The monoisotopic (exact) mass is 137 g/mol. The van der Waals surface area contributed by atoms with Gasteiger partial charge in [0.1, 0.15) is 0 Å². The first-order chi connectivity index (χ1) is 4.79. The van der Waals surface area contributed by atoms with Crippen LogP contribution in [0.2, 0.25) is 0 Å². The molecule has 0 aliphatic carbocycles. The van der Waals surface area contributed by atoms with Crippen molar-refractivity contribution in [2.24, 2.45) is 5.92 Å². The van der Waals surface area contributed by atoms with Gasteiger partial charge in [-0.1, -0.05) is 6.92 Å². The van der Waals surface area contributed by atoms with Gasteiger partial charge in [0, 0.05) is 18.8 Å². The third-order valence-electron chi connectivity index (χ3n) is 2.91. The Kier molecular flexibility index (Phi) is 1.26. The fourth-order valence-electron chi connectivity index (χ4n) is 2.13. The molecule has 0 bridgehead atoms. The molecule has 0 aromatic heterocycles. The van der Waals surface area contributed by atoms with E-state index < -0.39 is 0 Å². The van der Waals surface area contributed by atoms with Gasteiger partial charge in [-0.25, -0.2) is 0 Å². The molecule has 0 aromatic carbocycles. The Morgan fingerprint density at radius 3 is 3.00 bits per heavy atom. The summed E-state index contributed by atoms with van der Waals surface area (Å²) in [6.07, 6.45) is 2.73. The van der Waals surface area contributed by atoms with E-state index in [4.69, 9.17) is 0 Å². The number of allylic oxidation sites excluding steroid dienone is 1. The highest BCUT2D eigenvalue weighted by atomic mass is 15.2. The van der Waals surface area contributed by atoms with E-state index in [9.17, 15) is 0 Å². The maximum atomic E-state index is 2.56. The van der Waals surface area contributed by atoms with E-state index in [0.717, 1.165) is 5.92 Å². The van der Waals surface area contributed by atoms with Gasteiger partial charge in [-0.3, -0.25) is 0 Å². The van der Waals surface area contributed by atoms with Crippen molar-refractivity contribution in [2.75, 3.05) is 13.1 Å². The van der Waals surface area contributed by atoms with Crippen molar-refractivity contribution in [3.05, 3.63) is 11.3 Å². The third-order valence-corrected chi connectivity index (χ3v) is 2.91. The number of hydrogen-bond donors (Lipinski definition) is 0. The predicted molar refractivity (Wildman–Crippen MR) is 42.7 cm³/mol. The first-order valence-electron chi connectivity index (χ1n) is 4.23. The van der Waals surface area contributed by atoms with E-state index in [1.165, 1.54) is 25.9 Å². The van der Waals surface area contributed by atoms with Crippen LogP contribution in [0.3, 0.4) is 0 Å². The lowest BCUT2D eigenvalue weighted by Crippen LogP contribution is -2.16. The molecule has 1 unspecified atom stereocenters. The maximum absolute atomic E-state index is 2.56. The molecule has 0 N–H and O–H groups in total. The fraction of sp³-hybridized carbons (Fsp3) is 0.778. The Bertz CT molecular complexity index is 181. The van der Waals surface area contributed by atoms with Crippen molar-refractivity contribution in [2.45, 2.75) is 26.7 Å². The average Bonchev–Trinajstić information content (AvgIpc) is 2.41. The zero-order valence-corrected chi connectivity index (χ0v) is 6.85. The number of fused-ring (bicyclic) bond motifs is 1. The first kappa shape index (κ1) is 6.26. The minimum absolute atomic E-state index is 0.829. The quantitative estimate of drug-likeness (QED) is 0.493. The summed E-state index contributed by atoms with van der Waals surface area (Å²) in [6, 6.07) is 0. The summed E-state index contributed by atoms with van der Waals surface area (Å²) in [4.78, 5) is 2.56. The fourth-order valence-corrected chi connectivity index (χ4v) is 2.13. The van der Waals surface area contributed by atoms with Crippen LogP contribution in [0.4, 0.5) is 0 Å². The highest BCUT2D eigenvalue weighted by Gasteiger charge is 2.28. The van der Waals surface area contributed by atoms with Gasteiger partial charge < -0.3 is 4.90 Å². The van der Waals surface area contributed by atoms with Crippen LogP contribution in [0.15, 0.2) is 11.3 Å². The molecule has 0 spiro atoms. The van der Waals surface area contributed by atoms with Gasteiger partial charge in [-0.05, 0) is 31.3 Å². The molecule has 1 atom stereocenters. The molecule has 0 saturated carbocycles. The first-order valence-corrected chi connectivity index (χ1v) is 4.23. The van der Waals surface area contributed by atoms with Crippen LogP contribution in [0.5, 0.6) is 0 Å². The van der Waals surface area contributed by atoms with Crippen molar-refractivity contribution in [1.29, 1.82) is 0 Å². The Hall–Kier alpha value is -0.460. The lowest BCUT2D eigenvalue weighted by molar-refractivity contribution is 0.394. The van der Waals surface area contributed by atoms with E-state index in [-0.39, 0.29) is 0 Å². The molecule has 0 aromatic rings. The smallest absolute Gasteiger partial charge is 0.0238 e. The molecule has 2 rings (SSSR count). The van der Waals surface area contributed by atoms with Crippen molar-refractivity contribution in [3.63, 3.8) is 0 Å². The Labute approximate surface area is 62.7 Å². The summed E-state index contributed by atoms with van der Waals surface area (Å²) in [6.45, 7) is 7.24. The van der Waals surface area contributed by atoms with Gasteiger partial charge in [0.25, 0.3) is 0 Å². The molecule has 1 saturated heterocycles. The second-order valence-corrected chi connectivity index (χ2v) is 3.58. The molecular weight excluding hydrogens is 122 g/mol. The van der Waals surface area contributed by atoms with Crippen LogP contribution in [0, 0.1) is 5.92 Å². The largest absolute Gasteiger partial charge is 0.374 e. The summed E-state index contributed by atoms with van der Waals surface area (Å²) in [5.41, 5.74) is 3.31. The van der Waals surface area contributed by atoms with E-state index >= 15 is 0 Å². The van der Waals surface area contributed by atoms with Crippen molar-refractivity contribution in [1.82, 2.24) is 4.90 Å². The third kappa shape index (κ3) is 0.695. The Morgan fingerprint density at radius 2 is 2.30 bits per heavy atom. The lowest BCUT2D eigenvalue weighted by atomic mass is 10.0. The average molecular weight is 137 g/mol. The molecule has 1 fully saturated rings. The minimum atomic E-state index is 0.829. The van der Waals surface area contributed by atoms with E-state index in [1.54, 1.807) is 11.3 Å². The van der Waals surface area contributed by atoms with Crippen LogP contribution in [-0.4, -0.2) is 18.0 Å². The summed E-state index contributed by atoms with van der Waals surface area (Å²) in [7, 11) is 0.